The third-order valence-corrected chi connectivity index (χ3v) is 3.18. The second-order valence-electron chi connectivity index (χ2n) is 4.89. The zero-order chi connectivity index (χ0) is 15.8. The number of hydrogen-bond acceptors (Lipinski definition) is 3. The van der Waals surface area contributed by atoms with Gasteiger partial charge in [0.1, 0.15) is 5.82 Å². The molecule has 2 aromatic carbocycles. The van der Waals surface area contributed by atoms with Crippen LogP contribution in [-0.2, 0) is 6.54 Å². The number of benzene rings is 2. The molecule has 0 atom stereocenters. The number of amides is 1. The summed E-state index contributed by atoms with van der Waals surface area (Å²) < 4.78 is 12.8. The molecule has 0 aromatic heterocycles. The van der Waals surface area contributed by atoms with Gasteiger partial charge in [0.15, 0.2) is 0 Å². The summed E-state index contributed by atoms with van der Waals surface area (Å²) in [6.45, 7) is 1.11. The van der Waals surface area contributed by atoms with E-state index in [1.165, 1.54) is 12.1 Å². The van der Waals surface area contributed by atoms with Crippen molar-refractivity contribution in [2.24, 2.45) is 0 Å². The summed E-state index contributed by atoms with van der Waals surface area (Å²) in [6, 6.07) is 13.4. The Morgan fingerprint density at radius 3 is 2.36 bits per heavy atom. The number of carbonyl (C=O) groups excluding carboxylic acids is 1. The molecule has 5 heteroatoms. The van der Waals surface area contributed by atoms with Crippen molar-refractivity contribution in [3.8, 4) is 0 Å². The minimum Gasteiger partial charge on any atom is -0.396 e. The number of aliphatic hydroxyl groups excluding tert-OH is 1. The summed E-state index contributed by atoms with van der Waals surface area (Å²) in [5.41, 5.74) is 2.44. The highest BCUT2D eigenvalue weighted by Gasteiger charge is 2.04. The summed E-state index contributed by atoms with van der Waals surface area (Å²) in [6.07, 6.45) is 0.545. The molecule has 1 amide bonds. The molecule has 0 unspecified atom stereocenters. The van der Waals surface area contributed by atoms with E-state index in [9.17, 15) is 9.18 Å². The first-order valence-electron chi connectivity index (χ1n) is 7.16. The van der Waals surface area contributed by atoms with E-state index in [2.05, 4.69) is 10.6 Å². The van der Waals surface area contributed by atoms with Gasteiger partial charge in [-0.1, -0.05) is 12.1 Å². The highest BCUT2D eigenvalue weighted by molar-refractivity contribution is 5.94. The van der Waals surface area contributed by atoms with Gasteiger partial charge in [-0.15, -0.1) is 0 Å². The van der Waals surface area contributed by atoms with Crippen LogP contribution < -0.4 is 10.6 Å². The van der Waals surface area contributed by atoms with E-state index >= 15 is 0 Å². The predicted molar refractivity (Wildman–Crippen MR) is 84.2 cm³/mol. The number of nitrogens with one attached hydrogen (secondary N) is 2. The van der Waals surface area contributed by atoms with Crippen molar-refractivity contribution in [1.82, 2.24) is 5.32 Å². The Bertz CT molecular complexity index is 597. The summed E-state index contributed by atoms with van der Waals surface area (Å²) >= 11 is 0. The molecule has 0 aliphatic rings. The van der Waals surface area contributed by atoms with Crippen molar-refractivity contribution in [2.45, 2.75) is 13.0 Å². The predicted octanol–water partition coefficient (Wildman–Crippen LogP) is 2.55. The quantitative estimate of drug-likeness (QED) is 0.689. The zero-order valence-corrected chi connectivity index (χ0v) is 12.2. The average Bonchev–Trinajstić information content (AvgIpc) is 2.55. The van der Waals surface area contributed by atoms with Gasteiger partial charge in [-0.3, -0.25) is 4.79 Å². The molecule has 0 aliphatic heterocycles. The lowest BCUT2D eigenvalue weighted by Crippen LogP contribution is -2.24. The number of halogens is 1. The molecular weight excluding hydrogens is 283 g/mol. The maximum atomic E-state index is 12.8. The van der Waals surface area contributed by atoms with Crippen LogP contribution in [0.3, 0.4) is 0 Å². The first-order chi connectivity index (χ1) is 10.7. The van der Waals surface area contributed by atoms with Gasteiger partial charge in [-0.05, 0) is 48.4 Å². The number of anilines is 1. The highest BCUT2D eigenvalue weighted by Crippen LogP contribution is 2.12. The standard InChI is InChI=1S/C17H19FN2O2/c18-15-6-2-13(3-7-15)12-20-16-8-4-14(5-9-16)17(22)19-10-1-11-21/h2-9,20-21H,1,10-12H2,(H,19,22). The smallest absolute Gasteiger partial charge is 0.251 e. The van der Waals surface area contributed by atoms with Crippen molar-refractivity contribution in [3.05, 3.63) is 65.5 Å². The fraction of sp³-hybridized carbons (Fsp3) is 0.235. The number of aliphatic hydroxyl groups is 1. The van der Waals surface area contributed by atoms with Crippen LogP contribution in [0.25, 0.3) is 0 Å². The molecule has 2 rings (SSSR count). The first kappa shape index (κ1) is 16.0. The Balaban J connectivity index is 1.86. The monoisotopic (exact) mass is 302 g/mol. The van der Waals surface area contributed by atoms with Crippen LogP contribution in [0.4, 0.5) is 10.1 Å². The first-order valence-corrected chi connectivity index (χ1v) is 7.16. The minimum atomic E-state index is -0.250. The van der Waals surface area contributed by atoms with Crippen molar-refractivity contribution in [2.75, 3.05) is 18.5 Å². The van der Waals surface area contributed by atoms with Crippen LogP contribution >= 0.6 is 0 Å². The molecule has 116 valence electrons. The van der Waals surface area contributed by atoms with Crippen LogP contribution in [0.5, 0.6) is 0 Å². The maximum absolute atomic E-state index is 12.8. The number of hydrogen-bond donors (Lipinski definition) is 3. The lowest BCUT2D eigenvalue weighted by Gasteiger charge is -2.08. The average molecular weight is 302 g/mol. The molecule has 4 nitrogen and oxygen atoms in total. The summed E-state index contributed by atoms with van der Waals surface area (Å²) in [4.78, 5) is 11.8. The van der Waals surface area contributed by atoms with Crippen LogP contribution in [0.2, 0.25) is 0 Å². The summed E-state index contributed by atoms with van der Waals surface area (Å²) in [7, 11) is 0. The molecule has 22 heavy (non-hydrogen) atoms. The van der Waals surface area contributed by atoms with Gasteiger partial charge < -0.3 is 15.7 Å². The van der Waals surface area contributed by atoms with Crippen molar-refractivity contribution < 1.29 is 14.3 Å². The Hall–Kier alpha value is -2.40. The molecule has 0 heterocycles. The lowest BCUT2D eigenvalue weighted by atomic mass is 10.1. The molecule has 0 radical (unpaired) electrons. The summed E-state index contributed by atoms with van der Waals surface area (Å²) in [5, 5.41) is 14.6. The van der Waals surface area contributed by atoms with E-state index in [-0.39, 0.29) is 18.3 Å². The van der Waals surface area contributed by atoms with Gasteiger partial charge in [0.2, 0.25) is 0 Å². The highest BCUT2D eigenvalue weighted by atomic mass is 19.1. The van der Waals surface area contributed by atoms with E-state index < -0.39 is 0 Å². The SMILES string of the molecule is O=C(NCCCO)c1ccc(NCc2ccc(F)cc2)cc1. The molecule has 0 saturated carbocycles. The van der Waals surface area contributed by atoms with Gasteiger partial charge in [0.25, 0.3) is 5.91 Å². The minimum absolute atomic E-state index is 0.0620. The van der Waals surface area contributed by atoms with Crippen LogP contribution in [-0.4, -0.2) is 24.2 Å². The van der Waals surface area contributed by atoms with E-state index in [1.807, 2.05) is 12.1 Å². The Labute approximate surface area is 129 Å². The molecule has 0 aliphatic carbocycles. The topological polar surface area (TPSA) is 61.4 Å². The van der Waals surface area contributed by atoms with Crippen molar-refractivity contribution >= 4 is 11.6 Å². The second kappa shape index (κ2) is 8.14. The number of rotatable bonds is 7. The fourth-order valence-electron chi connectivity index (χ4n) is 1.93. The van der Waals surface area contributed by atoms with Gasteiger partial charge in [-0.2, -0.15) is 0 Å². The van der Waals surface area contributed by atoms with Gasteiger partial charge in [0, 0.05) is 30.9 Å². The summed E-state index contributed by atoms with van der Waals surface area (Å²) in [5.74, 6) is -0.404. The number of carbonyl (C=O) groups is 1. The normalized spacial score (nSPS) is 10.3. The zero-order valence-electron chi connectivity index (χ0n) is 12.2. The van der Waals surface area contributed by atoms with E-state index in [4.69, 9.17) is 5.11 Å². The van der Waals surface area contributed by atoms with Crippen molar-refractivity contribution in [1.29, 1.82) is 0 Å². The maximum Gasteiger partial charge on any atom is 0.251 e. The van der Waals surface area contributed by atoms with Crippen molar-refractivity contribution in [3.63, 3.8) is 0 Å². The molecular formula is C17H19FN2O2. The lowest BCUT2D eigenvalue weighted by molar-refractivity contribution is 0.0951. The Morgan fingerprint density at radius 2 is 1.73 bits per heavy atom. The van der Waals surface area contributed by atoms with Gasteiger partial charge in [0.05, 0.1) is 0 Å². The van der Waals surface area contributed by atoms with Gasteiger partial charge in [-0.25, -0.2) is 4.39 Å². The van der Waals surface area contributed by atoms with E-state index in [0.29, 0.717) is 25.1 Å². The van der Waals surface area contributed by atoms with E-state index in [0.717, 1.165) is 11.3 Å². The molecule has 0 spiro atoms. The van der Waals surface area contributed by atoms with E-state index in [1.54, 1.807) is 24.3 Å². The molecule has 0 fully saturated rings. The Morgan fingerprint density at radius 1 is 1.05 bits per heavy atom. The molecule has 2 aromatic rings. The molecule has 3 N–H and O–H groups in total. The third kappa shape index (κ3) is 4.86. The largest absolute Gasteiger partial charge is 0.396 e. The van der Waals surface area contributed by atoms with Crippen LogP contribution in [0.15, 0.2) is 48.5 Å². The van der Waals surface area contributed by atoms with Crippen LogP contribution in [0.1, 0.15) is 22.3 Å². The van der Waals surface area contributed by atoms with Crippen LogP contribution in [0, 0.1) is 5.82 Å². The fourth-order valence-corrected chi connectivity index (χ4v) is 1.93. The Kier molecular flexibility index (Phi) is 5.91. The van der Waals surface area contributed by atoms with Gasteiger partial charge >= 0.3 is 0 Å². The molecule has 0 bridgehead atoms. The third-order valence-electron chi connectivity index (χ3n) is 3.18. The second-order valence-corrected chi connectivity index (χ2v) is 4.89. The molecule has 0 saturated heterocycles.